The van der Waals surface area contributed by atoms with Crippen LogP contribution < -0.4 is 14.8 Å². The van der Waals surface area contributed by atoms with Gasteiger partial charge in [-0.15, -0.1) is 0 Å². The van der Waals surface area contributed by atoms with Gasteiger partial charge >= 0.3 is 0 Å². The molecule has 0 bridgehead atoms. The fourth-order valence-electron chi connectivity index (χ4n) is 4.38. The van der Waals surface area contributed by atoms with E-state index >= 15 is 0 Å². The van der Waals surface area contributed by atoms with Gasteiger partial charge in [0.05, 0.1) is 20.3 Å². The van der Waals surface area contributed by atoms with E-state index in [1.165, 1.54) is 17.7 Å². The van der Waals surface area contributed by atoms with Gasteiger partial charge in [-0.1, -0.05) is 12.1 Å². The van der Waals surface area contributed by atoms with Crippen LogP contribution in [0.2, 0.25) is 0 Å². The molecule has 0 spiro atoms. The summed E-state index contributed by atoms with van der Waals surface area (Å²) in [4.78, 5) is 14.8. The SMILES string of the molecule is COc1cc2c(cc1OC)[C@@H]([C@H](C)NC(=O)C1CC1)N(Cc1ccc(F)cc1)CC2. The molecule has 1 aliphatic heterocycles. The molecule has 2 aliphatic rings. The number of hydrogen-bond acceptors (Lipinski definition) is 4. The van der Waals surface area contributed by atoms with Crippen molar-refractivity contribution in [2.75, 3.05) is 20.8 Å². The van der Waals surface area contributed by atoms with Crippen LogP contribution in [0.25, 0.3) is 0 Å². The molecule has 1 heterocycles. The molecular formula is C24H29FN2O3. The van der Waals surface area contributed by atoms with E-state index in [1.807, 2.05) is 24.3 Å². The third-order valence-corrected chi connectivity index (χ3v) is 6.12. The van der Waals surface area contributed by atoms with Crippen molar-refractivity contribution in [2.24, 2.45) is 5.92 Å². The first-order valence-corrected chi connectivity index (χ1v) is 10.5. The van der Waals surface area contributed by atoms with Crippen LogP contribution in [-0.2, 0) is 17.8 Å². The van der Waals surface area contributed by atoms with Crippen LogP contribution in [0.4, 0.5) is 4.39 Å². The lowest BCUT2D eigenvalue weighted by Crippen LogP contribution is -2.47. The lowest BCUT2D eigenvalue weighted by molar-refractivity contribution is -0.123. The fourth-order valence-corrected chi connectivity index (χ4v) is 4.38. The maximum absolute atomic E-state index is 13.4. The number of carbonyl (C=O) groups is 1. The molecule has 2 aromatic rings. The average Bonchev–Trinajstić information content (AvgIpc) is 3.59. The Hall–Kier alpha value is -2.60. The van der Waals surface area contributed by atoms with Gasteiger partial charge in [-0.3, -0.25) is 9.69 Å². The Morgan fingerprint density at radius 3 is 2.47 bits per heavy atom. The standard InChI is InChI=1S/C24H29FN2O3/c1-15(26-24(28)17-6-7-17)23-20-13-22(30-3)21(29-2)12-18(20)10-11-27(23)14-16-4-8-19(25)9-5-16/h4-5,8-9,12-13,15,17,23H,6-7,10-11,14H2,1-3H3,(H,26,28)/t15-,23+/m0/s1. The predicted octanol–water partition coefficient (Wildman–Crippen LogP) is 3.86. The van der Waals surface area contributed by atoms with Crippen LogP contribution in [-0.4, -0.2) is 37.6 Å². The largest absolute Gasteiger partial charge is 0.493 e. The molecule has 5 nitrogen and oxygen atoms in total. The van der Waals surface area contributed by atoms with E-state index in [-0.39, 0.29) is 29.7 Å². The van der Waals surface area contributed by atoms with Crippen molar-refractivity contribution in [3.8, 4) is 11.5 Å². The van der Waals surface area contributed by atoms with E-state index in [1.54, 1.807) is 14.2 Å². The van der Waals surface area contributed by atoms with Crippen molar-refractivity contribution in [1.82, 2.24) is 10.2 Å². The minimum absolute atomic E-state index is 0.0127. The molecule has 0 radical (unpaired) electrons. The number of rotatable bonds is 7. The Kier molecular flexibility index (Phi) is 5.95. The van der Waals surface area contributed by atoms with E-state index in [2.05, 4.69) is 17.1 Å². The van der Waals surface area contributed by atoms with Gasteiger partial charge < -0.3 is 14.8 Å². The minimum atomic E-state index is -0.235. The van der Waals surface area contributed by atoms with Crippen LogP contribution in [0.3, 0.4) is 0 Å². The molecule has 0 saturated heterocycles. The first kappa shape index (κ1) is 20.7. The van der Waals surface area contributed by atoms with Crippen molar-refractivity contribution in [2.45, 2.75) is 44.8 Å². The Morgan fingerprint density at radius 1 is 1.17 bits per heavy atom. The minimum Gasteiger partial charge on any atom is -0.493 e. The summed E-state index contributed by atoms with van der Waals surface area (Å²) in [5.41, 5.74) is 3.40. The monoisotopic (exact) mass is 412 g/mol. The molecule has 1 N–H and O–H groups in total. The van der Waals surface area contributed by atoms with Gasteiger partial charge in [-0.25, -0.2) is 4.39 Å². The van der Waals surface area contributed by atoms with E-state index in [4.69, 9.17) is 9.47 Å². The van der Waals surface area contributed by atoms with Gasteiger partial charge in [-0.05, 0) is 67.1 Å². The first-order chi connectivity index (χ1) is 14.5. The summed E-state index contributed by atoms with van der Waals surface area (Å²) < 4.78 is 24.4. The fraction of sp³-hybridized carbons (Fsp3) is 0.458. The van der Waals surface area contributed by atoms with Crippen molar-refractivity contribution in [3.63, 3.8) is 0 Å². The van der Waals surface area contributed by atoms with Gasteiger partial charge in [0.2, 0.25) is 5.91 Å². The Labute approximate surface area is 177 Å². The van der Waals surface area contributed by atoms with Crippen LogP contribution in [0.15, 0.2) is 36.4 Å². The van der Waals surface area contributed by atoms with Gasteiger partial charge in [0.15, 0.2) is 11.5 Å². The average molecular weight is 413 g/mol. The third-order valence-electron chi connectivity index (χ3n) is 6.12. The van der Waals surface area contributed by atoms with Gasteiger partial charge in [-0.2, -0.15) is 0 Å². The summed E-state index contributed by atoms with van der Waals surface area (Å²) in [7, 11) is 3.28. The first-order valence-electron chi connectivity index (χ1n) is 10.5. The normalized spacial score (nSPS) is 19.7. The predicted molar refractivity (Wildman–Crippen MR) is 113 cm³/mol. The molecule has 4 rings (SSSR count). The molecule has 30 heavy (non-hydrogen) atoms. The molecule has 1 saturated carbocycles. The number of ether oxygens (including phenoxy) is 2. The van der Waals surface area contributed by atoms with E-state index in [9.17, 15) is 9.18 Å². The maximum Gasteiger partial charge on any atom is 0.223 e. The summed E-state index contributed by atoms with van der Waals surface area (Å²) >= 11 is 0. The zero-order valence-electron chi connectivity index (χ0n) is 17.8. The molecule has 1 fully saturated rings. The van der Waals surface area contributed by atoms with Crippen molar-refractivity contribution in [1.29, 1.82) is 0 Å². The van der Waals surface area contributed by atoms with Crippen LogP contribution >= 0.6 is 0 Å². The van der Waals surface area contributed by atoms with E-state index in [0.717, 1.165) is 42.7 Å². The second-order valence-corrected chi connectivity index (χ2v) is 8.27. The lowest BCUT2D eigenvalue weighted by Gasteiger charge is -2.41. The van der Waals surface area contributed by atoms with Crippen molar-refractivity contribution in [3.05, 3.63) is 58.9 Å². The molecule has 160 valence electrons. The highest BCUT2D eigenvalue weighted by molar-refractivity contribution is 5.81. The summed E-state index contributed by atoms with van der Waals surface area (Å²) in [5.74, 6) is 1.46. The third kappa shape index (κ3) is 4.29. The number of hydrogen-bond donors (Lipinski definition) is 1. The molecule has 0 aromatic heterocycles. The quantitative estimate of drug-likeness (QED) is 0.750. The zero-order chi connectivity index (χ0) is 21.3. The maximum atomic E-state index is 13.4. The van der Waals surface area contributed by atoms with Crippen LogP contribution in [0.5, 0.6) is 11.5 Å². The summed E-state index contributed by atoms with van der Waals surface area (Å²) in [6.07, 6.45) is 2.82. The molecule has 1 aliphatic carbocycles. The molecule has 1 amide bonds. The zero-order valence-corrected chi connectivity index (χ0v) is 17.8. The highest BCUT2D eigenvalue weighted by atomic mass is 19.1. The number of halogens is 1. The van der Waals surface area contributed by atoms with E-state index < -0.39 is 0 Å². The van der Waals surface area contributed by atoms with Crippen molar-refractivity contribution < 1.29 is 18.7 Å². The number of fused-ring (bicyclic) bond motifs is 1. The number of amides is 1. The summed E-state index contributed by atoms with van der Waals surface area (Å²) in [6, 6.07) is 10.6. The van der Waals surface area contributed by atoms with Gasteiger partial charge in [0.25, 0.3) is 0 Å². The second kappa shape index (κ2) is 8.64. The highest BCUT2D eigenvalue weighted by Crippen LogP contribution is 2.40. The molecule has 2 aromatic carbocycles. The Morgan fingerprint density at radius 2 is 1.83 bits per heavy atom. The van der Waals surface area contributed by atoms with Crippen LogP contribution in [0.1, 0.15) is 42.5 Å². The molecule has 6 heteroatoms. The second-order valence-electron chi connectivity index (χ2n) is 8.27. The van der Waals surface area contributed by atoms with Crippen molar-refractivity contribution >= 4 is 5.91 Å². The summed E-state index contributed by atoms with van der Waals surface area (Å²) in [6.45, 7) is 3.59. The topological polar surface area (TPSA) is 50.8 Å². The molecular weight excluding hydrogens is 383 g/mol. The van der Waals surface area contributed by atoms with Gasteiger partial charge in [0, 0.05) is 25.0 Å². The lowest BCUT2D eigenvalue weighted by atomic mass is 9.87. The molecule has 2 atom stereocenters. The number of benzene rings is 2. The smallest absolute Gasteiger partial charge is 0.223 e. The number of nitrogens with zero attached hydrogens (tertiary/aromatic N) is 1. The Bertz CT molecular complexity index is 911. The van der Waals surface area contributed by atoms with E-state index in [0.29, 0.717) is 12.3 Å². The highest BCUT2D eigenvalue weighted by Gasteiger charge is 2.36. The number of carbonyl (C=O) groups excluding carboxylic acids is 1. The van der Waals surface area contributed by atoms with Crippen LogP contribution in [0, 0.1) is 11.7 Å². The summed E-state index contributed by atoms with van der Waals surface area (Å²) in [5, 5.41) is 3.23. The number of methoxy groups -OCH3 is 2. The molecule has 0 unspecified atom stereocenters. The number of nitrogens with one attached hydrogen (secondary N) is 1. The van der Waals surface area contributed by atoms with Gasteiger partial charge in [0.1, 0.15) is 5.82 Å². The Balaban J connectivity index is 1.67.